The van der Waals surface area contributed by atoms with Crippen LogP contribution in [0.15, 0.2) is 0 Å². The number of hydrogen-bond donors (Lipinski definition) is 0. The predicted octanol–water partition coefficient (Wildman–Crippen LogP) is 1.44. The van der Waals surface area contributed by atoms with Gasteiger partial charge >= 0.3 is 6.09 Å². The van der Waals surface area contributed by atoms with Gasteiger partial charge in [-0.05, 0) is 26.7 Å². The number of rotatable bonds is 1. The van der Waals surface area contributed by atoms with Crippen molar-refractivity contribution in [3.05, 3.63) is 0 Å². The zero-order chi connectivity index (χ0) is 10.1. The van der Waals surface area contributed by atoms with Gasteiger partial charge in [-0.25, -0.2) is 4.79 Å². The Labute approximate surface area is 80.8 Å². The average molecular weight is 181 g/mol. The summed E-state index contributed by atoms with van der Waals surface area (Å²) in [5.41, 5.74) is -0.398. The molecule has 1 rings (SSSR count). The Morgan fingerprint density at radius 2 is 2.08 bits per heavy atom. The summed E-state index contributed by atoms with van der Waals surface area (Å²) >= 11 is 0. The molecule has 1 heterocycles. The molecule has 0 unspecified atom stereocenters. The van der Waals surface area contributed by atoms with Crippen LogP contribution in [0.3, 0.4) is 0 Å². The van der Waals surface area contributed by atoms with Gasteiger partial charge in [0, 0.05) is 13.1 Å². The standard InChI is InChI=1S/C9H16BNO2/c1-9(2,3)13-8(12)11-5-7(4-10)6-11/h7H,4-6H2,1-3H3. The van der Waals surface area contributed by atoms with Crippen LogP contribution in [0.2, 0.25) is 6.32 Å². The molecule has 0 aromatic rings. The van der Waals surface area contributed by atoms with Crippen molar-refractivity contribution >= 4 is 13.9 Å². The van der Waals surface area contributed by atoms with E-state index in [1.807, 2.05) is 20.8 Å². The van der Waals surface area contributed by atoms with Crippen molar-refractivity contribution in [2.45, 2.75) is 32.7 Å². The molecule has 3 nitrogen and oxygen atoms in total. The van der Waals surface area contributed by atoms with Gasteiger partial charge in [0.05, 0.1) is 7.85 Å². The Balaban J connectivity index is 2.27. The quantitative estimate of drug-likeness (QED) is 0.572. The maximum absolute atomic E-state index is 11.4. The van der Waals surface area contributed by atoms with Gasteiger partial charge in [-0.15, -0.1) is 0 Å². The summed E-state index contributed by atoms with van der Waals surface area (Å²) in [5.74, 6) is 0.465. The van der Waals surface area contributed by atoms with E-state index < -0.39 is 5.60 Å². The normalized spacial score (nSPS) is 18.2. The number of likely N-dealkylation sites (tertiary alicyclic amines) is 1. The molecule has 4 heteroatoms. The first kappa shape index (κ1) is 10.4. The predicted molar refractivity (Wildman–Crippen MR) is 51.9 cm³/mol. The molecule has 0 atom stereocenters. The van der Waals surface area contributed by atoms with Gasteiger partial charge in [0.1, 0.15) is 5.60 Å². The Morgan fingerprint density at radius 3 is 2.46 bits per heavy atom. The fourth-order valence-electron chi connectivity index (χ4n) is 1.19. The first-order valence-corrected chi connectivity index (χ1v) is 4.60. The van der Waals surface area contributed by atoms with Gasteiger partial charge in [-0.3, -0.25) is 0 Å². The first-order chi connectivity index (χ1) is 5.92. The van der Waals surface area contributed by atoms with Crippen molar-refractivity contribution in [3.63, 3.8) is 0 Å². The third kappa shape index (κ3) is 2.94. The van der Waals surface area contributed by atoms with Crippen LogP contribution in [0.1, 0.15) is 20.8 Å². The molecular weight excluding hydrogens is 165 g/mol. The molecule has 0 N–H and O–H groups in total. The van der Waals surface area contributed by atoms with E-state index in [-0.39, 0.29) is 6.09 Å². The van der Waals surface area contributed by atoms with E-state index in [1.165, 1.54) is 0 Å². The van der Waals surface area contributed by atoms with E-state index in [2.05, 4.69) is 0 Å². The minimum Gasteiger partial charge on any atom is -0.444 e. The van der Waals surface area contributed by atoms with Gasteiger partial charge in [0.2, 0.25) is 0 Å². The van der Waals surface area contributed by atoms with Crippen LogP contribution in [0.5, 0.6) is 0 Å². The van der Waals surface area contributed by atoms with E-state index >= 15 is 0 Å². The molecule has 0 aromatic carbocycles. The lowest BCUT2D eigenvalue weighted by Gasteiger charge is -2.39. The fourth-order valence-corrected chi connectivity index (χ4v) is 1.19. The Kier molecular flexibility index (Phi) is 2.89. The van der Waals surface area contributed by atoms with Crippen molar-refractivity contribution in [1.29, 1.82) is 0 Å². The van der Waals surface area contributed by atoms with Crippen LogP contribution in [0.25, 0.3) is 0 Å². The summed E-state index contributed by atoms with van der Waals surface area (Å²) in [6.45, 7) is 7.08. The first-order valence-electron chi connectivity index (χ1n) is 4.60. The van der Waals surface area contributed by atoms with Crippen molar-refractivity contribution < 1.29 is 9.53 Å². The zero-order valence-corrected chi connectivity index (χ0v) is 8.54. The van der Waals surface area contributed by atoms with E-state index in [0.717, 1.165) is 13.1 Å². The lowest BCUT2D eigenvalue weighted by atomic mass is 9.86. The monoisotopic (exact) mass is 181 g/mol. The number of carbonyl (C=O) groups excluding carboxylic acids is 1. The largest absolute Gasteiger partial charge is 0.444 e. The second kappa shape index (κ2) is 3.60. The van der Waals surface area contributed by atoms with Crippen LogP contribution >= 0.6 is 0 Å². The van der Waals surface area contributed by atoms with E-state index in [0.29, 0.717) is 12.2 Å². The highest BCUT2D eigenvalue weighted by Crippen LogP contribution is 2.20. The molecule has 0 spiro atoms. The highest BCUT2D eigenvalue weighted by atomic mass is 16.6. The van der Waals surface area contributed by atoms with E-state index in [9.17, 15) is 4.79 Å². The molecule has 1 fully saturated rings. The maximum Gasteiger partial charge on any atom is 0.410 e. The molecule has 0 saturated carbocycles. The number of hydrogen-bond acceptors (Lipinski definition) is 2. The summed E-state index contributed by atoms with van der Waals surface area (Å²) in [4.78, 5) is 13.0. The molecule has 1 amide bonds. The topological polar surface area (TPSA) is 29.5 Å². The van der Waals surface area contributed by atoms with Gasteiger partial charge < -0.3 is 9.64 Å². The third-order valence-corrected chi connectivity index (χ3v) is 1.94. The lowest BCUT2D eigenvalue weighted by Crippen LogP contribution is -2.51. The van der Waals surface area contributed by atoms with Gasteiger partial charge in [-0.1, -0.05) is 6.32 Å². The molecule has 1 aliphatic heterocycles. The smallest absolute Gasteiger partial charge is 0.410 e. The van der Waals surface area contributed by atoms with Crippen LogP contribution < -0.4 is 0 Å². The molecule has 13 heavy (non-hydrogen) atoms. The molecule has 72 valence electrons. The van der Waals surface area contributed by atoms with Crippen LogP contribution in [0, 0.1) is 5.92 Å². The summed E-state index contributed by atoms with van der Waals surface area (Å²) in [6, 6.07) is 0. The van der Waals surface area contributed by atoms with Crippen molar-refractivity contribution in [3.8, 4) is 0 Å². The van der Waals surface area contributed by atoms with Crippen LogP contribution in [-0.4, -0.2) is 37.5 Å². The lowest BCUT2D eigenvalue weighted by molar-refractivity contribution is 0.00165. The average Bonchev–Trinajstić information content (AvgIpc) is 1.79. The molecule has 0 bridgehead atoms. The van der Waals surface area contributed by atoms with Gasteiger partial charge in [-0.2, -0.15) is 0 Å². The molecular formula is C9H16BNO2. The van der Waals surface area contributed by atoms with E-state index in [1.54, 1.807) is 4.90 Å². The highest BCUT2D eigenvalue weighted by molar-refractivity contribution is 6.08. The molecule has 0 aliphatic carbocycles. The van der Waals surface area contributed by atoms with Gasteiger partial charge in [0.15, 0.2) is 0 Å². The Hall–Kier alpha value is -0.665. The number of carbonyl (C=O) groups is 1. The maximum atomic E-state index is 11.4. The second-order valence-corrected chi connectivity index (χ2v) is 4.49. The highest BCUT2D eigenvalue weighted by Gasteiger charge is 2.31. The van der Waals surface area contributed by atoms with Crippen molar-refractivity contribution in [2.75, 3.05) is 13.1 Å². The van der Waals surface area contributed by atoms with Crippen LogP contribution in [0.4, 0.5) is 4.79 Å². The zero-order valence-electron chi connectivity index (χ0n) is 8.54. The summed E-state index contributed by atoms with van der Waals surface area (Å²) in [6.07, 6.45) is 0.427. The Morgan fingerprint density at radius 1 is 1.54 bits per heavy atom. The fraction of sp³-hybridized carbons (Fsp3) is 0.889. The molecule has 1 saturated heterocycles. The summed E-state index contributed by atoms with van der Waals surface area (Å²) in [5, 5.41) is 0. The van der Waals surface area contributed by atoms with Crippen LogP contribution in [-0.2, 0) is 4.74 Å². The Bertz CT molecular complexity index is 194. The third-order valence-electron chi connectivity index (χ3n) is 1.94. The van der Waals surface area contributed by atoms with Crippen molar-refractivity contribution in [1.82, 2.24) is 4.90 Å². The van der Waals surface area contributed by atoms with Gasteiger partial charge in [0.25, 0.3) is 0 Å². The number of ether oxygens (including phenoxy) is 1. The summed E-state index contributed by atoms with van der Waals surface area (Å²) < 4.78 is 5.18. The minimum absolute atomic E-state index is 0.225. The summed E-state index contributed by atoms with van der Waals surface area (Å²) in [7, 11) is 5.44. The van der Waals surface area contributed by atoms with Crippen molar-refractivity contribution in [2.24, 2.45) is 5.92 Å². The number of amides is 1. The molecule has 1 aliphatic rings. The number of nitrogens with zero attached hydrogens (tertiary/aromatic N) is 1. The SMILES string of the molecule is [B]CC1CN(C(=O)OC(C)(C)C)C1. The molecule has 2 radical (unpaired) electrons. The second-order valence-electron chi connectivity index (χ2n) is 4.49. The van der Waals surface area contributed by atoms with E-state index in [4.69, 9.17) is 12.6 Å². The minimum atomic E-state index is -0.398. The molecule has 0 aromatic heterocycles.